The minimum atomic E-state index is -4.41. The molecule has 0 aliphatic heterocycles. The topological polar surface area (TPSA) is 134 Å². The van der Waals surface area contributed by atoms with Crippen LogP contribution in [0.15, 0.2) is 134 Å². The van der Waals surface area contributed by atoms with Gasteiger partial charge in [0.05, 0.1) is 13.2 Å². The number of carbonyl (C=O) groups is 2. The van der Waals surface area contributed by atoms with E-state index in [4.69, 9.17) is 24.3 Å². The van der Waals surface area contributed by atoms with Gasteiger partial charge < -0.3 is 20.1 Å². The smallest absolute Gasteiger partial charge is 0.462 e. The quantitative estimate of drug-likeness (QED) is 0.0264. The van der Waals surface area contributed by atoms with Crippen LogP contribution in [0.25, 0.3) is 0 Å². The zero-order valence-electron chi connectivity index (χ0n) is 50.3. The van der Waals surface area contributed by atoms with Crippen LogP contribution in [0.3, 0.4) is 0 Å². The maximum atomic E-state index is 12.7. The summed E-state index contributed by atoms with van der Waals surface area (Å²) >= 11 is 0. The van der Waals surface area contributed by atoms with Gasteiger partial charge in [0, 0.05) is 19.4 Å². The third-order valence-corrected chi connectivity index (χ3v) is 14.0. The number of allylic oxidation sites excluding steroid dienone is 22. The number of phosphoric acid groups is 1. The predicted molar refractivity (Wildman–Crippen MR) is 339 cm³/mol. The van der Waals surface area contributed by atoms with Crippen LogP contribution in [-0.2, 0) is 32.7 Å². The van der Waals surface area contributed by atoms with Crippen molar-refractivity contribution in [2.45, 2.75) is 264 Å². The summed E-state index contributed by atoms with van der Waals surface area (Å²) in [5.41, 5.74) is 5.39. The standard InChI is InChI=1S/C69H116NO8P/c1-3-5-7-9-11-13-15-17-19-21-23-25-27-28-29-30-31-32-33-34-35-36-37-38-40-41-43-45-47-49-51-53-55-57-59-61-68(71)75-65-67(66-77-79(73,74)76-64-63-70)78-69(72)62-60-58-56-54-52-50-48-46-44-42-39-26-24-22-20-18-16-14-12-10-8-6-4-2/h5-8,11-14,17-20,23-26,28-29,42,44,48,50,67H,3-4,9-10,15-16,21-22,27,30-41,43,45-47,49,51-66,70H2,1-2H3,(H,73,74)/b7-5-,8-6-,13-11-,14-12-,19-17-,20-18-,25-23-,26-24-,29-28-,44-42-,50-48-. The number of hydrogen-bond donors (Lipinski definition) is 2. The number of nitrogens with two attached hydrogens (primary N) is 1. The van der Waals surface area contributed by atoms with Gasteiger partial charge in [0.25, 0.3) is 0 Å². The Morgan fingerprint density at radius 1 is 0.380 bits per heavy atom. The Labute approximate surface area is 484 Å². The molecule has 450 valence electrons. The second-order valence-corrected chi connectivity index (χ2v) is 22.0. The predicted octanol–water partition coefficient (Wildman–Crippen LogP) is 20.5. The summed E-state index contributed by atoms with van der Waals surface area (Å²) in [4.78, 5) is 35.3. The van der Waals surface area contributed by atoms with Crippen molar-refractivity contribution in [3.8, 4) is 0 Å². The molecular formula is C69H116NO8P. The van der Waals surface area contributed by atoms with Gasteiger partial charge in [-0.1, -0.05) is 270 Å². The summed E-state index contributed by atoms with van der Waals surface area (Å²) < 4.78 is 33.1. The maximum Gasteiger partial charge on any atom is 0.472 e. The Morgan fingerprint density at radius 3 is 0.975 bits per heavy atom. The lowest BCUT2D eigenvalue weighted by atomic mass is 10.0. The molecule has 0 bridgehead atoms. The van der Waals surface area contributed by atoms with E-state index in [0.717, 1.165) is 116 Å². The van der Waals surface area contributed by atoms with Crippen LogP contribution in [0.4, 0.5) is 0 Å². The minimum Gasteiger partial charge on any atom is -0.462 e. The zero-order valence-corrected chi connectivity index (χ0v) is 51.2. The molecule has 79 heavy (non-hydrogen) atoms. The van der Waals surface area contributed by atoms with Crippen molar-refractivity contribution in [1.82, 2.24) is 0 Å². The summed E-state index contributed by atoms with van der Waals surface area (Å²) in [6.45, 7) is 3.49. The fourth-order valence-corrected chi connectivity index (χ4v) is 9.20. The van der Waals surface area contributed by atoms with Crippen molar-refractivity contribution in [3.05, 3.63) is 134 Å². The van der Waals surface area contributed by atoms with Gasteiger partial charge in [-0.25, -0.2) is 4.57 Å². The molecule has 2 unspecified atom stereocenters. The van der Waals surface area contributed by atoms with Gasteiger partial charge in [-0.2, -0.15) is 0 Å². The fraction of sp³-hybridized carbons (Fsp3) is 0.652. The second kappa shape index (κ2) is 63.3. The molecule has 0 aliphatic rings. The van der Waals surface area contributed by atoms with Crippen LogP contribution in [0.2, 0.25) is 0 Å². The van der Waals surface area contributed by atoms with Crippen molar-refractivity contribution < 1.29 is 37.6 Å². The molecule has 9 nitrogen and oxygen atoms in total. The third kappa shape index (κ3) is 63.2. The number of esters is 2. The molecule has 0 radical (unpaired) electrons. The van der Waals surface area contributed by atoms with Gasteiger partial charge in [0.1, 0.15) is 6.61 Å². The lowest BCUT2D eigenvalue weighted by molar-refractivity contribution is -0.161. The Bertz CT molecular complexity index is 1750. The van der Waals surface area contributed by atoms with Gasteiger partial charge in [-0.3, -0.25) is 18.6 Å². The number of hydrogen-bond acceptors (Lipinski definition) is 8. The first-order chi connectivity index (χ1) is 38.8. The summed E-state index contributed by atoms with van der Waals surface area (Å²) in [7, 11) is -4.41. The Balaban J connectivity index is 3.94. The van der Waals surface area contributed by atoms with Crippen molar-refractivity contribution >= 4 is 19.8 Å². The van der Waals surface area contributed by atoms with Gasteiger partial charge >= 0.3 is 19.8 Å². The molecule has 0 spiro atoms. The minimum absolute atomic E-state index is 0.0432. The van der Waals surface area contributed by atoms with Crippen molar-refractivity contribution in [3.63, 3.8) is 0 Å². The average molecular weight is 1120 g/mol. The number of ether oxygens (including phenoxy) is 2. The van der Waals surface area contributed by atoms with Crippen LogP contribution in [0.1, 0.15) is 258 Å². The zero-order chi connectivity index (χ0) is 57.3. The van der Waals surface area contributed by atoms with Gasteiger partial charge in [-0.15, -0.1) is 0 Å². The molecule has 10 heteroatoms. The van der Waals surface area contributed by atoms with E-state index < -0.39 is 26.5 Å². The summed E-state index contributed by atoms with van der Waals surface area (Å²) in [5, 5.41) is 0. The number of rotatable bonds is 58. The molecule has 3 N–H and O–H groups in total. The second-order valence-electron chi connectivity index (χ2n) is 20.5. The molecule has 0 aromatic carbocycles. The number of unbranched alkanes of at least 4 members (excludes halogenated alkanes) is 23. The Kier molecular flexibility index (Phi) is 60.2. The molecule has 0 amide bonds. The van der Waals surface area contributed by atoms with Crippen LogP contribution < -0.4 is 5.73 Å². The first-order valence-electron chi connectivity index (χ1n) is 31.7. The molecular weight excluding hydrogens is 1000 g/mol. The van der Waals surface area contributed by atoms with Gasteiger partial charge in [0.15, 0.2) is 6.10 Å². The third-order valence-electron chi connectivity index (χ3n) is 13.0. The highest BCUT2D eigenvalue weighted by Crippen LogP contribution is 2.43. The molecule has 2 atom stereocenters. The SMILES string of the molecule is CC/C=C\C/C=C\C/C=C\C/C=C\C/C=C\C/C=C\CCCCCCC(=O)OC(COC(=O)CCCCCCCCCCCCCCCCCCCCC/C=C\C/C=C\C/C=C\C/C=C\C/C=C\CC)COP(=O)(O)OCCN. The van der Waals surface area contributed by atoms with E-state index >= 15 is 0 Å². The maximum absolute atomic E-state index is 12.7. The molecule has 0 aromatic heterocycles. The molecule has 0 heterocycles. The van der Waals surface area contributed by atoms with Crippen LogP contribution >= 0.6 is 7.82 Å². The van der Waals surface area contributed by atoms with Crippen molar-refractivity contribution in [2.24, 2.45) is 5.73 Å². The first-order valence-corrected chi connectivity index (χ1v) is 33.2. The highest BCUT2D eigenvalue weighted by molar-refractivity contribution is 7.47. The lowest BCUT2D eigenvalue weighted by Gasteiger charge is -2.19. The van der Waals surface area contributed by atoms with E-state index in [9.17, 15) is 19.0 Å². The number of carbonyl (C=O) groups excluding carboxylic acids is 2. The normalized spacial score (nSPS) is 13.9. The van der Waals surface area contributed by atoms with E-state index in [2.05, 4.69) is 148 Å². The molecule has 0 fully saturated rings. The van der Waals surface area contributed by atoms with E-state index in [1.165, 1.54) is 109 Å². The Hall–Kier alpha value is -3.85. The molecule has 0 aromatic rings. The lowest BCUT2D eigenvalue weighted by Crippen LogP contribution is -2.29. The van der Waals surface area contributed by atoms with E-state index in [0.29, 0.717) is 6.42 Å². The largest absolute Gasteiger partial charge is 0.472 e. The van der Waals surface area contributed by atoms with Crippen LogP contribution in [0, 0.1) is 0 Å². The van der Waals surface area contributed by atoms with Gasteiger partial charge in [-0.05, 0) is 109 Å². The fourth-order valence-electron chi connectivity index (χ4n) is 8.43. The van der Waals surface area contributed by atoms with Gasteiger partial charge in [0.2, 0.25) is 0 Å². The Morgan fingerprint density at radius 2 is 0.658 bits per heavy atom. The van der Waals surface area contributed by atoms with Crippen molar-refractivity contribution in [1.29, 1.82) is 0 Å². The molecule has 0 saturated heterocycles. The van der Waals surface area contributed by atoms with Crippen LogP contribution in [-0.4, -0.2) is 49.3 Å². The average Bonchev–Trinajstić information content (AvgIpc) is 3.44. The highest BCUT2D eigenvalue weighted by Gasteiger charge is 2.26. The molecule has 0 rings (SSSR count). The van der Waals surface area contributed by atoms with Crippen molar-refractivity contribution in [2.75, 3.05) is 26.4 Å². The first kappa shape index (κ1) is 75.2. The van der Waals surface area contributed by atoms with Crippen LogP contribution in [0.5, 0.6) is 0 Å². The summed E-state index contributed by atoms with van der Waals surface area (Å²) in [5.74, 6) is -0.858. The monoisotopic (exact) mass is 1120 g/mol. The van der Waals surface area contributed by atoms with E-state index in [-0.39, 0.29) is 38.6 Å². The van der Waals surface area contributed by atoms with E-state index in [1.54, 1.807) is 0 Å². The summed E-state index contributed by atoms with van der Waals surface area (Å²) in [6.07, 6.45) is 89.5. The summed E-state index contributed by atoms with van der Waals surface area (Å²) in [6, 6.07) is 0. The molecule has 0 aliphatic carbocycles. The highest BCUT2D eigenvalue weighted by atomic mass is 31.2. The van der Waals surface area contributed by atoms with E-state index in [1.807, 2.05) is 0 Å². The molecule has 0 saturated carbocycles. The number of phosphoric ester groups is 1.